The first-order valence-electron chi connectivity index (χ1n) is 13.0. The summed E-state index contributed by atoms with van der Waals surface area (Å²) in [5.41, 5.74) is -1.66. The molecule has 0 aliphatic carbocycles. The van der Waals surface area contributed by atoms with E-state index in [1.807, 2.05) is 30.3 Å². The largest absolute Gasteiger partial charge is 0.506 e. The highest BCUT2D eigenvalue weighted by atomic mass is 16.7. The van der Waals surface area contributed by atoms with E-state index in [0.717, 1.165) is 5.56 Å². The van der Waals surface area contributed by atoms with Gasteiger partial charge in [0.15, 0.2) is 17.8 Å². The Morgan fingerprint density at radius 2 is 1.83 bits per heavy atom. The SMILES string of the molecule is CCOC(=O)c1c(O)c2ccc(O[C@@H]3OC(C)(C)[C@H](OC)[C@@H](OC(=O)NCc4ccccc4)[C@H]3O)c(C)c2oc1=O. The number of carbonyl (C=O) groups excluding carboxylic acids is 2. The lowest BCUT2D eigenvalue weighted by molar-refractivity contribution is -0.305. The number of hydrogen-bond donors (Lipinski definition) is 3. The first-order valence-corrected chi connectivity index (χ1v) is 13.0. The number of alkyl carbamates (subject to hydrolysis) is 1. The smallest absolute Gasteiger partial charge is 0.407 e. The molecule has 1 aromatic heterocycles. The van der Waals surface area contributed by atoms with Crippen molar-refractivity contribution < 1.29 is 47.9 Å². The fourth-order valence-electron chi connectivity index (χ4n) is 4.75. The van der Waals surface area contributed by atoms with Crippen molar-refractivity contribution in [2.75, 3.05) is 13.7 Å². The zero-order chi connectivity index (χ0) is 29.9. The van der Waals surface area contributed by atoms with Crippen LogP contribution in [-0.4, -0.2) is 66.2 Å². The Bertz CT molecular complexity index is 1470. The number of hydrogen-bond acceptors (Lipinski definition) is 11. The summed E-state index contributed by atoms with van der Waals surface area (Å²) in [6.07, 6.45) is -5.63. The van der Waals surface area contributed by atoms with Crippen LogP contribution in [0.3, 0.4) is 0 Å². The molecule has 0 radical (unpaired) electrons. The topological polar surface area (TPSA) is 163 Å². The van der Waals surface area contributed by atoms with Crippen LogP contribution in [0.15, 0.2) is 51.7 Å². The Balaban J connectivity index is 1.59. The minimum absolute atomic E-state index is 0.00490. The molecule has 1 saturated heterocycles. The van der Waals surface area contributed by atoms with Crippen LogP contribution < -0.4 is 15.7 Å². The van der Waals surface area contributed by atoms with Gasteiger partial charge in [0.05, 0.1) is 17.6 Å². The summed E-state index contributed by atoms with van der Waals surface area (Å²) < 4.78 is 33.3. The van der Waals surface area contributed by atoms with Gasteiger partial charge in [-0.25, -0.2) is 14.4 Å². The summed E-state index contributed by atoms with van der Waals surface area (Å²) in [5.74, 6) is -1.45. The lowest BCUT2D eigenvalue weighted by Crippen LogP contribution is -2.65. The molecule has 3 N–H and O–H groups in total. The fourth-order valence-corrected chi connectivity index (χ4v) is 4.75. The molecule has 1 amide bonds. The Morgan fingerprint density at radius 1 is 1.12 bits per heavy atom. The standard InChI is InChI=1S/C29H33NO11/c1-6-37-25(33)19-20(31)17-12-13-18(15(2)22(17)39-26(19)34)38-27-21(32)23(24(36-5)29(3,4)41-27)40-28(35)30-14-16-10-8-7-9-11-16/h7-13,21,23-24,27,31-32H,6,14H2,1-5H3,(H,30,35)/t21-,23+,24-,27-/m1/s1. The van der Waals surface area contributed by atoms with E-state index in [2.05, 4.69) is 5.32 Å². The molecule has 1 aliphatic heterocycles. The predicted octanol–water partition coefficient (Wildman–Crippen LogP) is 3.17. The van der Waals surface area contributed by atoms with Crippen LogP contribution in [0.2, 0.25) is 0 Å². The molecule has 12 heteroatoms. The van der Waals surface area contributed by atoms with Gasteiger partial charge in [0, 0.05) is 19.2 Å². The average Bonchev–Trinajstić information content (AvgIpc) is 2.92. The summed E-state index contributed by atoms with van der Waals surface area (Å²) in [4.78, 5) is 37.3. The number of carbonyl (C=O) groups is 2. The number of aryl methyl sites for hydroxylation is 1. The third kappa shape index (κ3) is 6.14. The summed E-state index contributed by atoms with van der Waals surface area (Å²) in [6, 6.07) is 12.1. The van der Waals surface area contributed by atoms with Crippen LogP contribution in [0.4, 0.5) is 4.79 Å². The fraction of sp³-hybridized carbons (Fsp3) is 0.414. The number of ether oxygens (including phenoxy) is 5. The Kier molecular flexibility index (Phi) is 8.86. The van der Waals surface area contributed by atoms with E-state index in [4.69, 9.17) is 28.1 Å². The molecule has 2 aromatic carbocycles. The molecule has 4 rings (SSSR count). The molecule has 2 heterocycles. The number of fused-ring (bicyclic) bond motifs is 1. The molecule has 12 nitrogen and oxygen atoms in total. The first-order chi connectivity index (χ1) is 19.5. The first kappa shape index (κ1) is 29.8. The third-order valence-corrected chi connectivity index (χ3v) is 6.77. The van der Waals surface area contributed by atoms with Gasteiger partial charge in [-0.05, 0) is 45.4 Å². The third-order valence-electron chi connectivity index (χ3n) is 6.77. The monoisotopic (exact) mass is 571 g/mol. The summed E-state index contributed by atoms with van der Waals surface area (Å²) in [5, 5.41) is 24.6. The number of esters is 1. The van der Waals surface area contributed by atoms with E-state index < -0.39 is 59.2 Å². The normalized spacial score (nSPS) is 21.7. The zero-order valence-corrected chi connectivity index (χ0v) is 23.3. The lowest BCUT2D eigenvalue weighted by atomic mass is 9.89. The van der Waals surface area contributed by atoms with Gasteiger partial charge in [-0.3, -0.25) is 0 Å². The molecule has 4 atom stereocenters. The average molecular weight is 572 g/mol. The Labute approximate surface area is 235 Å². The zero-order valence-electron chi connectivity index (χ0n) is 23.3. The second-order valence-electron chi connectivity index (χ2n) is 9.96. The Hall–Kier alpha value is -4.13. The van der Waals surface area contributed by atoms with Gasteiger partial charge in [0.1, 0.15) is 23.2 Å². The van der Waals surface area contributed by atoms with Crippen molar-refractivity contribution in [2.45, 2.75) is 64.4 Å². The molecular formula is C29H33NO11. The molecule has 0 spiro atoms. The van der Waals surface area contributed by atoms with E-state index in [1.165, 1.54) is 19.2 Å². The van der Waals surface area contributed by atoms with Gasteiger partial charge in [-0.15, -0.1) is 0 Å². The van der Waals surface area contributed by atoms with E-state index in [0.29, 0.717) is 0 Å². The summed E-state index contributed by atoms with van der Waals surface area (Å²) in [7, 11) is 1.41. The van der Waals surface area contributed by atoms with Gasteiger partial charge in [-0.2, -0.15) is 0 Å². The van der Waals surface area contributed by atoms with Crippen LogP contribution in [0.25, 0.3) is 11.0 Å². The quantitative estimate of drug-likeness (QED) is 0.269. The number of benzene rings is 2. The second-order valence-corrected chi connectivity index (χ2v) is 9.96. The van der Waals surface area contributed by atoms with E-state index in [1.54, 1.807) is 27.7 Å². The van der Waals surface area contributed by atoms with Crippen molar-refractivity contribution in [3.8, 4) is 11.5 Å². The lowest BCUT2D eigenvalue weighted by Gasteiger charge is -2.47. The van der Waals surface area contributed by atoms with Crippen molar-refractivity contribution in [1.29, 1.82) is 0 Å². The number of rotatable bonds is 8. The summed E-state index contributed by atoms with van der Waals surface area (Å²) in [6.45, 7) is 6.74. The predicted molar refractivity (Wildman–Crippen MR) is 145 cm³/mol. The molecule has 1 aliphatic rings. The maximum atomic E-state index is 12.7. The molecular weight excluding hydrogens is 538 g/mol. The van der Waals surface area contributed by atoms with Crippen molar-refractivity contribution >= 4 is 23.0 Å². The molecule has 0 unspecified atom stereocenters. The highest BCUT2D eigenvalue weighted by molar-refractivity contribution is 5.99. The number of amides is 1. The number of methoxy groups -OCH3 is 1. The molecule has 220 valence electrons. The number of nitrogens with one attached hydrogen (secondary N) is 1. The molecule has 0 bridgehead atoms. The second kappa shape index (κ2) is 12.2. The highest BCUT2D eigenvalue weighted by Gasteiger charge is 2.53. The number of aliphatic hydroxyl groups is 1. The van der Waals surface area contributed by atoms with Crippen LogP contribution >= 0.6 is 0 Å². The van der Waals surface area contributed by atoms with Crippen molar-refractivity contribution in [2.24, 2.45) is 0 Å². The summed E-state index contributed by atoms with van der Waals surface area (Å²) >= 11 is 0. The van der Waals surface area contributed by atoms with Gasteiger partial charge in [-0.1, -0.05) is 30.3 Å². The number of aliphatic hydroxyl groups excluding tert-OH is 1. The molecule has 3 aromatic rings. The van der Waals surface area contributed by atoms with Crippen molar-refractivity contribution in [3.63, 3.8) is 0 Å². The minimum Gasteiger partial charge on any atom is -0.506 e. The molecule has 41 heavy (non-hydrogen) atoms. The van der Waals surface area contributed by atoms with E-state index >= 15 is 0 Å². The van der Waals surface area contributed by atoms with Crippen LogP contribution in [-0.2, 0) is 25.5 Å². The number of aromatic hydroxyl groups is 1. The van der Waals surface area contributed by atoms with Gasteiger partial charge in [0.2, 0.25) is 6.29 Å². The van der Waals surface area contributed by atoms with Crippen LogP contribution in [0.1, 0.15) is 42.3 Å². The van der Waals surface area contributed by atoms with E-state index in [9.17, 15) is 24.6 Å². The Morgan fingerprint density at radius 3 is 2.49 bits per heavy atom. The van der Waals surface area contributed by atoms with Crippen LogP contribution in [0, 0.1) is 6.92 Å². The van der Waals surface area contributed by atoms with Crippen molar-refractivity contribution in [1.82, 2.24) is 5.32 Å². The minimum atomic E-state index is -1.49. The van der Waals surface area contributed by atoms with Gasteiger partial charge in [0.25, 0.3) is 0 Å². The van der Waals surface area contributed by atoms with Gasteiger partial charge < -0.3 is 43.6 Å². The maximum absolute atomic E-state index is 12.7. The van der Waals surface area contributed by atoms with Crippen molar-refractivity contribution in [3.05, 3.63) is 69.6 Å². The molecule has 1 fully saturated rings. The highest BCUT2D eigenvalue weighted by Crippen LogP contribution is 2.37. The van der Waals surface area contributed by atoms with E-state index in [-0.39, 0.29) is 35.4 Å². The molecule has 0 saturated carbocycles. The van der Waals surface area contributed by atoms with Crippen LogP contribution in [0.5, 0.6) is 11.5 Å². The maximum Gasteiger partial charge on any atom is 0.407 e. The van der Waals surface area contributed by atoms with Gasteiger partial charge >= 0.3 is 17.7 Å².